The van der Waals surface area contributed by atoms with Crippen LogP contribution in [0.4, 0.5) is 0 Å². The van der Waals surface area contributed by atoms with Crippen LogP contribution in [0.1, 0.15) is 127 Å². The highest BCUT2D eigenvalue weighted by Gasteiger charge is 2.43. The van der Waals surface area contributed by atoms with Crippen molar-refractivity contribution >= 4 is 35.9 Å². The molecular weight excluding hydrogens is 1020 g/mol. The maximum absolute atomic E-state index is 6.63. The third kappa shape index (κ3) is 11.2. The molecule has 0 saturated carbocycles. The zero-order valence-corrected chi connectivity index (χ0v) is 47.4. The molecule has 6 heteroatoms. The minimum atomic E-state index is -1.33. The molecule has 8 aromatic rings. The number of rotatable bonds is 17. The number of hydrogen-bond acceptors (Lipinski definition) is 4. The van der Waals surface area contributed by atoms with Crippen LogP contribution in [0, 0.1) is 3.57 Å². The van der Waals surface area contributed by atoms with Crippen LogP contribution in [0.5, 0.6) is 23.0 Å². The van der Waals surface area contributed by atoms with Gasteiger partial charge in [0.25, 0.3) is 0 Å². The van der Waals surface area contributed by atoms with Gasteiger partial charge in [-0.25, -0.2) is 0 Å². The maximum atomic E-state index is 6.63. The summed E-state index contributed by atoms with van der Waals surface area (Å²) < 4.78 is 14.5. The molecular formula is C67H73IN2O2Si. The van der Waals surface area contributed by atoms with E-state index >= 15 is 0 Å². The Labute approximate surface area is 451 Å². The van der Waals surface area contributed by atoms with E-state index in [-0.39, 0.29) is 10.8 Å². The molecule has 6 aromatic carbocycles. The van der Waals surface area contributed by atoms with Crippen molar-refractivity contribution in [3.63, 3.8) is 0 Å². The number of nitrogens with zero attached hydrogens (tertiary/aromatic N) is 2. The van der Waals surface area contributed by atoms with Gasteiger partial charge in [0.05, 0.1) is 8.07 Å². The number of halogens is 1. The molecule has 0 N–H and O–H groups in total. The first-order chi connectivity index (χ1) is 35.5. The largest absolute Gasteiger partial charge is 0.457 e. The molecule has 10 rings (SSSR count). The molecule has 73 heavy (non-hydrogen) atoms. The molecule has 2 aliphatic rings. The van der Waals surface area contributed by atoms with Crippen LogP contribution in [0.2, 0.25) is 19.6 Å². The minimum absolute atomic E-state index is 0.0583. The highest BCUT2D eigenvalue weighted by atomic mass is 127. The highest BCUT2D eigenvalue weighted by molar-refractivity contribution is 14.1. The summed E-state index contributed by atoms with van der Waals surface area (Å²) in [6.45, 7) is 16.4. The van der Waals surface area contributed by atoms with Gasteiger partial charge in [-0.15, -0.1) is 0 Å². The van der Waals surface area contributed by atoms with Crippen molar-refractivity contribution in [3.8, 4) is 67.5 Å². The van der Waals surface area contributed by atoms with Crippen LogP contribution < -0.4 is 14.7 Å². The number of unbranched alkanes of at least 4 members (excludes halogenated alkanes) is 4. The number of pyridine rings is 2. The van der Waals surface area contributed by atoms with Gasteiger partial charge in [0.2, 0.25) is 0 Å². The standard InChI is InChI=1S/C35H41NOSi.C32H32INO/c1-6-8-20-35(21-9-7-2)31-24-28(26-10-14-30(15-11-26)38(3,4)5)12-16-33(31)37-34-17-13-29(25-32(34)35)27-18-22-36-23-19-27;1-3-5-17-32(18-6-4-2)28-21-25(23-7-11-27(33)12-8-23)9-13-30(28)35-31-14-10-26(22-29(31)32)24-15-19-34-20-16-24/h10-19,22-25H,6-9,20-21H2,1-5H3;7-16,19-22H,3-6,17-18H2,1-2H3. The van der Waals surface area contributed by atoms with Gasteiger partial charge in [-0.1, -0.05) is 165 Å². The summed E-state index contributed by atoms with van der Waals surface area (Å²) in [7, 11) is -1.33. The molecule has 4 nitrogen and oxygen atoms in total. The van der Waals surface area contributed by atoms with Crippen molar-refractivity contribution in [2.24, 2.45) is 0 Å². The molecule has 0 unspecified atom stereocenters. The third-order valence-electron chi connectivity index (χ3n) is 15.5. The fourth-order valence-electron chi connectivity index (χ4n) is 11.4. The number of hydrogen-bond donors (Lipinski definition) is 0. The Kier molecular flexibility index (Phi) is 16.5. The molecule has 0 aliphatic carbocycles. The first-order valence-corrected chi connectivity index (χ1v) is 31.7. The molecule has 0 radical (unpaired) electrons. The second kappa shape index (κ2) is 23.2. The van der Waals surface area contributed by atoms with Gasteiger partial charge in [-0.05, 0) is 178 Å². The first kappa shape index (κ1) is 52.0. The predicted molar refractivity (Wildman–Crippen MR) is 319 cm³/mol. The lowest BCUT2D eigenvalue weighted by Gasteiger charge is -2.41. The molecule has 374 valence electrons. The topological polar surface area (TPSA) is 44.2 Å². The maximum Gasteiger partial charge on any atom is 0.131 e. The Bertz CT molecular complexity index is 3090. The lowest BCUT2D eigenvalue weighted by Crippen LogP contribution is -2.37. The van der Waals surface area contributed by atoms with Crippen LogP contribution in [-0.4, -0.2) is 18.0 Å². The zero-order valence-electron chi connectivity index (χ0n) is 44.2. The summed E-state index contributed by atoms with van der Waals surface area (Å²) in [5, 5.41) is 1.50. The molecule has 2 aliphatic heterocycles. The number of benzene rings is 6. The van der Waals surface area contributed by atoms with Crippen LogP contribution >= 0.6 is 22.6 Å². The molecule has 0 saturated heterocycles. The second-order valence-corrected chi connectivity index (χ2v) is 27.8. The normalized spacial score (nSPS) is 13.8. The predicted octanol–water partition coefficient (Wildman–Crippen LogP) is 19.5. The molecule has 0 atom stereocenters. The number of ether oxygens (including phenoxy) is 2. The van der Waals surface area contributed by atoms with Gasteiger partial charge >= 0.3 is 0 Å². The first-order valence-electron chi connectivity index (χ1n) is 27.1. The second-order valence-electron chi connectivity index (χ2n) is 21.4. The van der Waals surface area contributed by atoms with Crippen molar-refractivity contribution in [3.05, 3.63) is 196 Å². The molecule has 0 amide bonds. The van der Waals surface area contributed by atoms with E-state index in [9.17, 15) is 0 Å². The van der Waals surface area contributed by atoms with Gasteiger partial charge in [-0.3, -0.25) is 9.97 Å². The van der Waals surface area contributed by atoms with Crippen LogP contribution in [0.25, 0.3) is 44.5 Å². The Morgan fingerprint density at radius 1 is 0.370 bits per heavy atom. The van der Waals surface area contributed by atoms with Crippen molar-refractivity contribution in [2.45, 2.75) is 135 Å². The highest BCUT2D eigenvalue weighted by Crippen LogP contribution is 2.56. The average molecular weight is 1090 g/mol. The van der Waals surface area contributed by atoms with E-state index in [4.69, 9.17) is 9.47 Å². The van der Waals surface area contributed by atoms with Crippen molar-refractivity contribution < 1.29 is 9.47 Å². The summed E-state index contributed by atoms with van der Waals surface area (Å²) in [5.41, 5.74) is 15.2. The van der Waals surface area contributed by atoms with E-state index < -0.39 is 8.07 Å². The summed E-state index contributed by atoms with van der Waals surface area (Å²) in [6.07, 6.45) is 21.5. The lowest BCUT2D eigenvalue weighted by atomic mass is 9.65. The summed E-state index contributed by atoms with van der Waals surface area (Å²) in [4.78, 5) is 8.45. The molecule has 4 heterocycles. The van der Waals surface area contributed by atoms with Crippen LogP contribution in [0.3, 0.4) is 0 Å². The van der Waals surface area contributed by atoms with E-state index in [0.29, 0.717) is 0 Å². The van der Waals surface area contributed by atoms with Crippen molar-refractivity contribution in [1.29, 1.82) is 0 Å². The molecule has 0 bridgehead atoms. The van der Waals surface area contributed by atoms with Crippen molar-refractivity contribution in [2.75, 3.05) is 0 Å². The quantitative estimate of drug-likeness (QED) is 0.0673. The Morgan fingerprint density at radius 3 is 0.932 bits per heavy atom. The van der Waals surface area contributed by atoms with Crippen LogP contribution in [0.15, 0.2) is 170 Å². The van der Waals surface area contributed by atoms with Gasteiger partial charge in [0.15, 0.2) is 0 Å². The zero-order chi connectivity index (χ0) is 51.0. The summed E-state index contributed by atoms with van der Waals surface area (Å²) in [6, 6.07) is 53.7. The Morgan fingerprint density at radius 2 is 0.644 bits per heavy atom. The van der Waals surface area contributed by atoms with Gasteiger partial charge < -0.3 is 9.47 Å². The van der Waals surface area contributed by atoms with E-state index in [1.54, 1.807) is 0 Å². The Balaban J connectivity index is 0.000000180. The molecule has 0 fully saturated rings. The molecule has 2 aromatic heterocycles. The summed E-state index contributed by atoms with van der Waals surface area (Å²) in [5.74, 6) is 4.04. The van der Waals surface area contributed by atoms with E-state index in [1.807, 2.05) is 24.8 Å². The van der Waals surface area contributed by atoms with Gasteiger partial charge in [0.1, 0.15) is 23.0 Å². The fraction of sp³-hybridized carbons (Fsp3) is 0.313. The van der Waals surface area contributed by atoms with E-state index in [0.717, 1.165) is 48.7 Å². The number of aromatic nitrogens is 2. The lowest BCUT2D eigenvalue weighted by molar-refractivity contribution is 0.343. The van der Waals surface area contributed by atoms with Gasteiger partial charge in [-0.2, -0.15) is 0 Å². The van der Waals surface area contributed by atoms with E-state index in [2.05, 4.69) is 225 Å². The monoisotopic (exact) mass is 1090 g/mol. The average Bonchev–Trinajstić information content (AvgIpc) is 3.43. The third-order valence-corrected chi connectivity index (χ3v) is 18.3. The minimum Gasteiger partial charge on any atom is -0.457 e. The van der Waals surface area contributed by atoms with Crippen molar-refractivity contribution in [1.82, 2.24) is 9.97 Å². The fourth-order valence-corrected chi connectivity index (χ4v) is 12.9. The summed E-state index contributed by atoms with van der Waals surface area (Å²) >= 11 is 2.37. The molecule has 0 spiro atoms. The van der Waals surface area contributed by atoms with Crippen LogP contribution in [-0.2, 0) is 10.8 Å². The Hall–Kier alpha value is -5.83. The SMILES string of the molecule is CCCCC1(CCCC)c2cc(-c3ccncc3)ccc2Oc2ccc(-c3ccc(I)cc3)cc21.CCCCC1(CCCC)c2cc(-c3ccncc3)ccc2Oc2ccc(-c3ccc([Si](C)(C)C)cc3)cc21. The smallest absolute Gasteiger partial charge is 0.131 e. The van der Waals surface area contributed by atoms with E-state index in [1.165, 1.54) is 127 Å². The number of fused-ring (bicyclic) bond motifs is 4. The van der Waals surface area contributed by atoms with Gasteiger partial charge in [0, 0.05) is 61.4 Å².